The molecule has 4 nitrogen and oxygen atoms in total. The highest BCUT2D eigenvalue weighted by atomic mass is 16.6. The highest BCUT2D eigenvalue weighted by molar-refractivity contribution is 5.90. The molecule has 3 aliphatic rings. The number of benzene rings is 3. The number of fused-ring (bicyclic) bond motifs is 7. The average molecular weight is 424 g/mol. The third-order valence-electron chi connectivity index (χ3n) is 7.56. The standard InChI is InChI=1S/C28H24O4/c29-27(17-9-3-1-4-10-17)31-25-22-16-23(24-20-14-8-7-13-19(20)15-21(22)24)26(25)32-28(30)18-11-5-2-6-12-18/h1-14,21-26H,15-16H2. The second-order valence-corrected chi connectivity index (χ2v) is 9.13. The zero-order chi connectivity index (χ0) is 21.7. The minimum absolute atomic E-state index is 0.162. The van der Waals surface area contributed by atoms with Crippen molar-refractivity contribution >= 4 is 11.9 Å². The van der Waals surface area contributed by atoms with Crippen LogP contribution in [0, 0.1) is 17.8 Å². The largest absolute Gasteiger partial charge is 0.455 e. The molecule has 0 aliphatic heterocycles. The number of hydrogen-bond donors (Lipinski definition) is 0. The molecule has 3 aliphatic carbocycles. The quantitative estimate of drug-likeness (QED) is 0.551. The second kappa shape index (κ2) is 7.63. The van der Waals surface area contributed by atoms with Crippen LogP contribution in [0.3, 0.4) is 0 Å². The van der Waals surface area contributed by atoms with E-state index < -0.39 is 12.2 Å². The number of ether oxygens (including phenoxy) is 2. The van der Waals surface area contributed by atoms with Crippen molar-refractivity contribution in [2.75, 3.05) is 0 Å². The summed E-state index contributed by atoms with van der Waals surface area (Å²) >= 11 is 0. The molecule has 0 spiro atoms. The van der Waals surface area contributed by atoms with Crippen molar-refractivity contribution in [1.82, 2.24) is 0 Å². The highest BCUT2D eigenvalue weighted by Crippen LogP contribution is 2.62. The van der Waals surface area contributed by atoms with E-state index in [1.807, 2.05) is 36.4 Å². The Bertz CT molecular complexity index is 1160. The molecule has 160 valence electrons. The summed E-state index contributed by atoms with van der Waals surface area (Å²) in [6.07, 6.45) is 1.06. The normalized spacial score (nSPS) is 29.2. The van der Waals surface area contributed by atoms with Crippen molar-refractivity contribution in [3.05, 3.63) is 107 Å². The number of rotatable bonds is 4. The summed E-state index contributed by atoms with van der Waals surface area (Å²) in [7, 11) is 0. The van der Waals surface area contributed by atoms with Crippen LogP contribution in [0.2, 0.25) is 0 Å². The van der Waals surface area contributed by atoms with Gasteiger partial charge in [0.2, 0.25) is 0 Å². The Kier molecular flexibility index (Phi) is 4.60. The Morgan fingerprint density at radius 1 is 0.625 bits per heavy atom. The van der Waals surface area contributed by atoms with E-state index in [9.17, 15) is 9.59 Å². The van der Waals surface area contributed by atoms with Gasteiger partial charge in [0.25, 0.3) is 0 Å². The predicted molar refractivity (Wildman–Crippen MR) is 119 cm³/mol. The third-order valence-corrected chi connectivity index (χ3v) is 7.56. The van der Waals surface area contributed by atoms with E-state index in [1.54, 1.807) is 24.3 Å². The first kappa shape index (κ1) is 19.3. The molecule has 6 unspecified atom stereocenters. The summed E-state index contributed by atoms with van der Waals surface area (Å²) in [5.41, 5.74) is 3.79. The minimum Gasteiger partial charge on any atom is -0.455 e. The molecule has 0 radical (unpaired) electrons. The Morgan fingerprint density at radius 2 is 1.16 bits per heavy atom. The van der Waals surface area contributed by atoms with Gasteiger partial charge in [-0.2, -0.15) is 0 Å². The van der Waals surface area contributed by atoms with E-state index in [0.29, 0.717) is 23.0 Å². The monoisotopic (exact) mass is 424 g/mol. The molecule has 2 saturated carbocycles. The van der Waals surface area contributed by atoms with Crippen LogP contribution in [-0.4, -0.2) is 24.1 Å². The van der Waals surface area contributed by atoms with E-state index in [4.69, 9.17) is 9.47 Å². The molecule has 0 amide bonds. The topological polar surface area (TPSA) is 52.6 Å². The van der Waals surface area contributed by atoms with Gasteiger partial charge < -0.3 is 9.47 Å². The summed E-state index contributed by atoms with van der Waals surface area (Å²) in [5.74, 6) is 0.435. The molecule has 3 aromatic carbocycles. The molecule has 3 aromatic rings. The molecule has 6 atom stereocenters. The van der Waals surface area contributed by atoms with E-state index in [0.717, 1.165) is 12.8 Å². The van der Waals surface area contributed by atoms with Gasteiger partial charge in [0, 0.05) is 11.8 Å². The maximum atomic E-state index is 13.0. The molecule has 0 heterocycles. The van der Waals surface area contributed by atoms with Crippen LogP contribution in [0.4, 0.5) is 0 Å². The van der Waals surface area contributed by atoms with Gasteiger partial charge in [0.1, 0.15) is 12.2 Å². The van der Waals surface area contributed by atoms with Crippen LogP contribution in [0.1, 0.15) is 44.2 Å². The molecule has 0 saturated heterocycles. The lowest BCUT2D eigenvalue weighted by molar-refractivity contribution is -0.0698. The van der Waals surface area contributed by atoms with Crippen LogP contribution in [-0.2, 0) is 15.9 Å². The highest BCUT2D eigenvalue weighted by Gasteiger charge is 2.63. The number of hydrogen-bond acceptors (Lipinski definition) is 4. The van der Waals surface area contributed by atoms with Gasteiger partial charge in [-0.3, -0.25) is 0 Å². The molecule has 2 bridgehead atoms. The minimum atomic E-state index is -0.437. The molecule has 4 heteroatoms. The van der Waals surface area contributed by atoms with E-state index >= 15 is 0 Å². The molecule has 0 N–H and O–H groups in total. The Morgan fingerprint density at radius 3 is 1.78 bits per heavy atom. The van der Waals surface area contributed by atoms with Gasteiger partial charge in [-0.25, -0.2) is 9.59 Å². The Hall–Kier alpha value is -3.40. The van der Waals surface area contributed by atoms with E-state index in [-0.39, 0.29) is 23.8 Å². The molecule has 0 aromatic heterocycles. The first-order valence-corrected chi connectivity index (χ1v) is 11.3. The second-order valence-electron chi connectivity index (χ2n) is 9.13. The van der Waals surface area contributed by atoms with E-state index in [2.05, 4.69) is 24.3 Å². The summed E-state index contributed by atoms with van der Waals surface area (Å²) < 4.78 is 12.2. The van der Waals surface area contributed by atoms with Crippen molar-refractivity contribution < 1.29 is 19.1 Å². The van der Waals surface area contributed by atoms with Crippen LogP contribution >= 0.6 is 0 Å². The molecular formula is C28H24O4. The molecule has 32 heavy (non-hydrogen) atoms. The van der Waals surface area contributed by atoms with Crippen molar-refractivity contribution in [2.45, 2.75) is 31.0 Å². The summed E-state index contributed by atoms with van der Waals surface area (Å²) in [4.78, 5) is 25.9. The van der Waals surface area contributed by atoms with Crippen molar-refractivity contribution in [1.29, 1.82) is 0 Å². The zero-order valence-corrected chi connectivity index (χ0v) is 17.6. The van der Waals surface area contributed by atoms with E-state index in [1.165, 1.54) is 11.1 Å². The average Bonchev–Trinajstić information content (AvgIpc) is 3.50. The maximum absolute atomic E-state index is 13.0. The van der Waals surface area contributed by atoms with Crippen molar-refractivity contribution in [2.24, 2.45) is 17.8 Å². The van der Waals surface area contributed by atoms with Gasteiger partial charge in [-0.05, 0) is 60.1 Å². The van der Waals surface area contributed by atoms with Gasteiger partial charge >= 0.3 is 11.9 Å². The van der Waals surface area contributed by atoms with Gasteiger partial charge in [0.05, 0.1) is 11.1 Å². The summed E-state index contributed by atoms with van der Waals surface area (Å²) in [6, 6.07) is 26.7. The predicted octanol–water partition coefficient (Wildman–Crippen LogP) is 5.04. The van der Waals surface area contributed by atoms with Gasteiger partial charge in [0.15, 0.2) is 0 Å². The first-order valence-electron chi connectivity index (χ1n) is 11.3. The lowest BCUT2D eigenvalue weighted by Gasteiger charge is -2.37. The fraction of sp³-hybridized carbons (Fsp3) is 0.286. The fourth-order valence-corrected chi connectivity index (χ4v) is 6.30. The third kappa shape index (κ3) is 3.05. The number of carbonyl (C=O) groups is 2. The maximum Gasteiger partial charge on any atom is 0.338 e. The van der Waals surface area contributed by atoms with Crippen molar-refractivity contribution in [3.8, 4) is 0 Å². The number of carbonyl (C=O) groups excluding carboxylic acids is 2. The Labute approximate surface area is 187 Å². The van der Waals surface area contributed by atoms with Crippen LogP contribution in [0.25, 0.3) is 0 Å². The SMILES string of the molecule is O=C(OC1C2CC(C1OC(=O)c1ccccc1)C1c3ccccc3CC21)c1ccccc1. The zero-order valence-electron chi connectivity index (χ0n) is 17.6. The van der Waals surface area contributed by atoms with Gasteiger partial charge in [-0.1, -0.05) is 60.7 Å². The smallest absolute Gasteiger partial charge is 0.338 e. The van der Waals surface area contributed by atoms with Crippen LogP contribution < -0.4 is 0 Å². The molecule has 2 fully saturated rings. The summed E-state index contributed by atoms with van der Waals surface area (Å²) in [6.45, 7) is 0. The lowest BCUT2D eigenvalue weighted by atomic mass is 9.76. The van der Waals surface area contributed by atoms with Crippen LogP contribution in [0.15, 0.2) is 84.9 Å². The number of esters is 2. The Balaban J connectivity index is 1.32. The lowest BCUT2D eigenvalue weighted by Crippen LogP contribution is -2.45. The first-order chi connectivity index (χ1) is 15.7. The van der Waals surface area contributed by atoms with Gasteiger partial charge in [-0.15, -0.1) is 0 Å². The fourth-order valence-electron chi connectivity index (χ4n) is 6.30. The van der Waals surface area contributed by atoms with Crippen molar-refractivity contribution in [3.63, 3.8) is 0 Å². The molecule has 6 rings (SSSR count). The summed E-state index contributed by atoms with van der Waals surface area (Å²) in [5, 5.41) is 0. The molecular weight excluding hydrogens is 400 g/mol. The van der Waals surface area contributed by atoms with Crippen LogP contribution in [0.5, 0.6) is 0 Å².